The molecule has 9 heteroatoms. The van der Waals surface area contributed by atoms with Gasteiger partial charge >= 0.3 is 0 Å². The molecule has 7 aromatic heterocycles. The Morgan fingerprint density at radius 3 is 0.979 bits per heavy atom. The molecule has 0 fully saturated rings. The lowest BCUT2D eigenvalue weighted by molar-refractivity contribution is 1.07. The summed E-state index contributed by atoms with van der Waals surface area (Å²) in [6.07, 6.45) is 14.2. The fourth-order valence-corrected chi connectivity index (χ4v) is 5.35. The van der Waals surface area contributed by atoms with Gasteiger partial charge in [0.05, 0.1) is 22.8 Å². The molecule has 226 valence electrons. The highest BCUT2D eigenvalue weighted by molar-refractivity contribution is 5.79. The molecule has 1 aromatic carbocycles. The van der Waals surface area contributed by atoms with E-state index in [-0.39, 0.29) is 0 Å². The van der Waals surface area contributed by atoms with E-state index in [0.717, 1.165) is 61.7 Å². The molecule has 8 rings (SSSR count). The van der Waals surface area contributed by atoms with Crippen molar-refractivity contribution in [3.05, 3.63) is 153 Å². The van der Waals surface area contributed by atoms with Gasteiger partial charge in [-0.25, -0.2) is 15.0 Å². The van der Waals surface area contributed by atoms with Crippen LogP contribution < -0.4 is 0 Å². The zero-order chi connectivity index (χ0) is 32.1. The second-order valence-electron chi connectivity index (χ2n) is 10.9. The van der Waals surface area contributed by atoms with Crippen LogP contribution in [0, 0.1) is 0 Å². The molecule has 0 spiro atoms. The Balaban J connectivity index is 1.33. The fourth-order valence-electron chi connectivity index (χ4n) is 5.35. The zero-order valence-electron chi connectivity index (χ0n) is 25.5. The van der Waals surface area contributed by atoms with Crippen LogP contribution >= 0.6 is 0 Å². The van der Waals surface area contributed by atoms with E-state index in [2.05, 4.69) is 36.0 Å². The van der Waals surface area contributed by atoms with Crippen molar-refractivity contribution in [2.45, 2.75) is 0 Å². The van der Waals surface area contributed by atoms with Gasteiger partial charge in [-0.15, -0.1) is 0 Å². The summed E-state index contributed by atoms with van der Waals surface area (Å²) in [5.74, 6) is 1.41. The molecule has 0 bridgehead atoms. The highest BCUT2D eigenvalue weighted by Crippen LogP contribution is 2.33. The lowest BCUT2D eigenvalue weighted by Gasteiger charge is -2.12. The Morgan fingerprint density at radius 2 is 0.604 bits per heavy atom. The van der Waals surface area contributed by atoms with Crippen LogP contribution in [0.1, 0.15) is 0 Å². The highest BCUT2D eigenvalue weighted by Gasteiger charge is 2.17. The summed E-state index contributed by atoms with van der Waals surface area (Å²) in [5.41, 5.74) is 9.01. The summed E-state index contributed by atoms with van der Waals surface area (Å²) >= 11 is 0. The molecule has 0 aliphatic rings. The van der Waals surface area contributed by atoms with Crippen molar-refractivity contribution in [2.75, 3.05) is 0 Å². The Kier molecular flexibility index (Phi) is 7.66. The maximum Gasteiger partial charge on any atom is 0.165 e. The van der Waals surface area contributed by atoms with E-state index >= 15 is 0 Å². The SMILES string of the molecule is c1ccc(-c2cncc(-c3nc(-c4cncc(-c5ccccn5)c4)nc(-c4cc(-c5ccccn5)cc(-c5ccccn5)c4)n3)c2)nc1. The van der Waals surface area contributed by atoms with Crippen molar-refractivity contribution in [3.63, 3.8) is 0 Å². The first-order valence-electron chi connectivity index (χ1n) is 15.2. The molecule has 8 aromatic rings. The van der Waals surface area contributed by atoms with Crippen molar-refractivity contribution in [2.24, 2.45) is 0 Å². The minimum absolute atomic E-state index is 0.464. The van der Waals surface area contributed by atoms with Gasteiger partial charge in [0.15, 0.2) is 17.5 Å². The number of hydrogen-bond acceptors (Lipinski definition) is 9. The van der Waals surface area contributed by atoms with E-state index in [9.17, 15) is 0 Å². The van der Waals surface area contributed by atoms with Crippen LogP contribution in [0.3, 0.4) is 0 Å². The first-order valence-corrected chi connectivity index (χ1v) is 15.2. The molecule has 0 saturated heterocycles. The molecule has 48 heavy (non-hydrogen) atoms. The second-order valence-corrected chi connectivity index (χ2v) is 10.9. The molecule has 0 saturated carbocycles. The van der Waals surface area contributed by atoms with E-state index in [0.29, 0.717) is 17.5 Å². The van der Waals surface area contributed by atoms with Crippen LogP contribution in [-0.4, -0.2) is 44.9 Å². The van der Waals surface area contributed by atoms with Gasteiger partial charge < -0.3 is 0 Å². The molecule has 0 unspecified atom stereocenters. The molecule has 7 heterocycles. The molecule has 0 amide bonds. The molecule has 0 atom stereocenters. The average Bonchev–Trinajstić information content (AvgIpc) is 3.19. The van der Waals surface area contributed by atoms with Gasteiger partial charge in [-0.1, -0.05) is 24.3 Å². The predicted octanol–water partition coefficient (Wildman–Crippen LogP) is 7.91. The van der Waals surface area contributed by atoms with Crippen LogP contribution in [0.25, 0.3) is 79.2 Å². The first-order chi connectivity index (χ1) is 23.8. The first kappa shape index (κ1) is 28.6. The van der Waals surface area contributed by atoms with E-state index in [4.69, 9.17) is 15.0 Å². The molecule has 0 N–H and O–H groups in total. The Bertz CT molecular complexity index is 2180. The quantitative estimate of drug-likeness (QED) is 0.175. The summed E-state index contributed by atoms with van der Waals surface area (Å²) < 4.78 is 0. The predicted molar refractivity (Wildman–Crippen MR) is 185 cm³/mol. The summed E-state index contributed by atoms with van der Waals surface area (Å²) in [7, 11) is 0. The lowest BCUT2D eigenvalue weighted by Crippen LogP contribution is -2.02. The third kappa shape index (κ3) is 6.03. The van der Waals surface area contributed by atoms with E-state index in [1.165, 1.54) is 0 Å². The number of nitrogens with zero attached hydrogens (tertiary/aromatic N) is 9. The Hall–Kier alpha value is -6.87. The van der Waals surface area contributed by atoms with E-state index in [1.54, 1.807) is 49.6 Å². The topological polar surface area (TPSA) is 116 Å². The van der Waals surface area contributed by atoms with E-state index < -0.39 is 0 Å². The van der Waals surface area contributed by atoms with Crippen LogP contribution in [0.5, 0.6) is 0 Å². The summed E-state index contributed by atoms with van der Waals surface area (Å²) in [4.78, 5) is 42.3. The third-order valence-corrected chi connectivity index (χ3v) is 7.66. The minimum atomic E-state index is 0.464. The standard InChI is InChI=1S/C39H25N9/c1-5-13-42-33(9-1)26-17-27(34-10-2-6-14-43-34)19-28(18-26)37-46-38(31-20-29(22-40-24-31)35-11-3-7-15-44-35)48-39(47-37)32-21-30(23-41-25-32)36-12-4-8-16-45-36/h1-25H. The van der Waals surface area contributed by atoms with Crippen LogP contribution in [-0.2, 0) is 0 Å². The molecule has 0 aliphatic heterocycles. The average molecular weight is 620 g/mol. The summed E-state index contributed by atoms with van der Waals surface area (Å²) in [5, 5.41) is 0. The van der Waals surface area contributed by atoms with Crippen LogP contribution in [0.2, 0.25) is 0 Å². The number of rotatable bonds is 7. The number of pyridine rings is 6. The summed E-state index contributed by atoms with van der Waals surface area (Å²) in [6.45, 7) is 0. The van der Waals surface area contributed by atoms with Gasteiger partial charge in [-0.05, 0) is 78.9 Å². The number of aromatic nitrogens is 9. The van der Waals surface area contributed by atoms with Crippen molar-refractivity contribution >= 4 is 0 Å². The largest absolute Gasteiger partial charge is 0.263 e. The van der Waals surface area contributed by atoms with Crippen molar-refractivity contribution in [3.8, 4) is 79.2 Å². The third-order valence-electron chi connectivity index (χ3n) is 7.66. The van der Waals surface area contributed by atoms with Gasteiger partial charge in [0.2, 0.25) is 0 Å². The Labute approximate surface area is 276 Å². The maximum atomic E-state index is 5.03. The van der Waals surface area contributed by atoms with Gasteiger partial charge in [0.25, 0.3) is 0 Å². The molecule has 9 nitrogen and oxygen atoms in total. The molecular formula is C39H25N9. The normalized spacial score (nSPS) is 10.9. The fraction of sp³-hybridized carbons (Fsp3) is 0. The zero-order valence-corrected chi connectivity index (χ0v) is 25.5. The smallest absolute Gasteiger partial charge is 0.165 e. The van der Waals surface area contributed by atoms with Crippen molar-refractivity contribution in [1.82, 2.24) is 44.9 Å². The van der Waals surface area contributed by atoms with Crippen molar-refractivity contribution < 1.29 is 0 Å². The minimum Gasteiger partial charge on any atom is -0.263 e. The van der Waals surface area contributed by atoms with Gasteiger partial charge in [-0.3, -0.25) is 29.9 Å². The van der Waals surface area contributed by atoms with Crippen molar-refractivity contribution in [1.29, 1.82) is 0 Å². The van der Waals surface area contributed by atoms with Crippen LogP contribution in [0.4, 0.5) is 0 Å². The lowest BCUT2D eigenvalue weighted by atomic mass is 10.00. The second kappa shape index (κ2) is 12.9. The summed E-state index contributed by atoms with van der Waals surface area (Å²) in [6, 6.07) is 33.4. The molecule has 0 radical (unpaired) electrons. The molecule has 0 aliphatic carbocycles. The molecular weight excluding hydrogens is 594 g/mol. The van der Waals surface area contributed by atoms with Gasteiger partial charge in [0, 0.05) is 88.5 Å². The van der Waals surface area contributed by atoms with Gasteiger partial charge in [-0.2, -0.15) is 0 Å². The van der Waals surface area contributed by atoms with Gasteiger partial charge in [0.1, 0.15) is 0 Å². The van der Waals surface area contributed by atoms with E-state index in [1.807, 2.05) is 97.1 Å². The number of hydrogen-bond donors (Lipinski definition) is 0. The Morgan fingerprint density at radius 1 is 0.292 bits per heavy atom. The monoisotopic (exact) mass is 619 g/mol. The van der Waals surface area contributed by atoms with Crippen LogP contribution in [0.15, 0.2) is 153 Å². The maximum absolute atomic E-state index is 5.03. The number of benzene rings is 1. The highest BCUT2D eigenvalue weighted by atomic mass is 15.0.